The molecule has 3 aromatic heterocycles. The molecule has 0 fully saturated rings. The lowest BCUT2D eigenvalue weighted by Gasteiger charge is -2.27. The van der Waals surface area contributed by atoms with Gasteiger partial charge in [-0.3, -0.25) is 14.3 Å². The van der Waals surface area contributed by atoms with Crippen LogP contribution in [0.4, 0.5) is 14.5 Å². The molecular formula is C27H25F2N5O3. The maximum Gasteiger partial charge on any atom is 0.335 e. The van der Waals surface area contributed by atoms with E-state index in [4.69, 9.17) is 5.11 Å². The minimum atomic E-state index is -1.37. The number of nitrogens with zero attached hydrogens (tertiary/aromatic N) is 4. The molecule has 2 N–H and O–H groups in total. The van der Waals surface area contributed by atoms with Crippen molar-refractivity contribution >= 4 is 28.3 Å². The highest BCUT2D eigenvalue weighted by molar-refractivity contribution is 5.88. The molecule has 1 aliphatic heterocycles. The van der Waals surface area contributed by atoms with E-state index in [-0.39, 0.29) is 11.1 Å². The number of hydrogen-bond donors (Lipinski definition) is 2. The van der Waals surface area contributed by atoms with E-state index in [2.05, 4.69) is 15.2 Å². The van der Waals surface area contributed by atoms with Crippen LogP contribution in [0.2, 0.25) is 0 Å². The van der Waals surface area contributed by atoms with Gasteiger partial charge >= 0.3 is 5.97 Å². The number of nitrogens with one attached hydrogen (secondary N) is 1. The fourth-order valence-corrected chi connectivity index (χ4v) is 4.77. The Kier molecular flexibility index (Phi) is 6.34. The smallest absolute Gasteiger partial charge is 0.335 e. The van der Waals surface area contributed by atoms with Crippen LogP contribution in [0.1, 0.15) is 28.0 Å². The van der Waals surface area contributed by atoms with Crippen LogP contribution in [-0.2, 0) is 13.6 Å². The number of benzene rings is 1. The molecule has 1 aromatic carbocycles. The molecule has 0 aliphatic carbocycles. The van der Waals surface area contributed by atoms with Crippen LogP contribution < -0.4 is 10.9 Å². The average molecular weight is 506 g/mol. The summed E-state index contributed by atoms with van der Waals surface area (Å²) in [6.07, 6.45) is 5.60. The second-order valence-electron chi connectivity index (χ2n) is 8.97. The van der Waals surface area contributed by atoms with Crippen molar-refractivity contribution < 1.29 is 18.7 Å². The standard InChI is InChI=1S/C27H25F2N5O3/c1-30-18-6-10-34(24(35)13-18)23-3-7-31-26-20(23)14-19(32(26)2)15-33-8-4-16(5-9-33)25-21(28)11-17(27(36)37)12-22(25)29/h3-4,6-7,10-14,30H,5,8-9,15H2,1-2H3,(H,36,37). The molecule has 190 valence electrons. The largest absolute Gasteiger partial charge is 0.478 e. The first-order valence-corrected chi connectivity index (χ1v) is 11.7. The number of aromatic nitrogens is 3. The highest BCUT2D eigenvalue weighted by Crippen LogP contribution is 2.30. The number of rotatable bonds is 6. The van der Waals surface area contributed by atoms with Crippen molar-refractivity contribution in [2.45, 2.75) is 13.0 Å². The van der Waals surface area contributed by atoms with E-state index in [0.717, 1.165) is 40.2 Å². The Balaban J connectivity index is 1.40. The molecule has 0 unspecified atom stereocenters. The summed E-state index contributed by atoms with van der Waals surface area (Å²) in [7, 11) is 3.68. The zero-order valence-corrected chi connectivity index (χ0v) is 20.3. The van der Waals surface area contributed by atoms with Gasteiger partial charge in [0.05, 0.1) is 11.3 Å². The molecule has 0 radical (unpaired) electrons. The maximum absolute atomic E-state index is 14.5. The zero-order valence-electron chi connectivity index (χ0n) is 20.3. The second kappa shape index (κ2) is 9.62. The molecule has 0 saturated carbocycles. The van der Waals surface area contributed by atoms with Crippen molar-refractivity contribution in [1.82, 2.24) is 19.0 Å². The molecule has 0 amide bonds. The van der Waals surface area contributed by atoms with Crippen LogP contribution >= 0.6 is 0 Å². The fourth-order valence-electron chi connectivity index (χ4n) is 4.77. The van der Waals surface area contributed by atoms with Crippen molar-refractivity contribution in [3.8, 4) is 5.69 Å². The van der Waals surface area contributed by atoms with Gasteiger partial charge in [0.25, 0.3) is 5.56 Å². The van der Waals surface area contributed by atoms with Gasteiger partial charge in [-0.2, -0.15) is 0 Å². The monoisotopic (exact) mass is 505 g/mol. The molecule has 0 saturated heterocycles. The summed E-state index contributed by atoms with van der Waals surface area (Å²) in [5.74, 6) is -3.12. The SMILES string of the molecule is CNc1ccn(-c2ccnc3c2cc(CN2CC=C(c4c(F)cc(C(=O)O)cc4F)CC2)n3C)c(=O)c1. The maximum atomic E-state index is 14.5. The van der Waals surface area contributed by atoms with E-state index < -0.39 is 23.2 Å². The van der Waals surface area contributed by atoms with Gasteiger partial charge in [0.1, 0.15) is 17.3 Å². The first kappa shape index (κ1) is 24.4. The lowest BCUT2D eigenvalue weighted by Crippen LogP contribution is -2.29. The van der Waals surface area contributed by atoms with Crippen LogP contribution in [0.3, 0.4) is 0 Å². The number of anilines is 1. The number of aromatic carboxylic acids is 1. The predicted molar refractivity (Wildman–Crippen MR) is 137 cm³/mol. The van der Waals surface area contributed by atoms with Crippen molar-refractivity contribution in [3.05, 3.63) is 93.7 Å². The molecule has 5 rings (SSSR count). The third-order valence-electron chi connectivity index (χ3n) is 6.76. The number of pyridine rings is 2. The van der Waals surface area contributed by atoms with E-state index >= 15 is 0 Å². The van der Waals surface area contributed by atoms with Crippen molar-refractivity contribution in [2.75, 3.05) is 25.5 Å². The number of carboxylic acid groups (broad SMARTS) is 1. The summed E-state index contributed by atoms with van der Waals surface area (Å²) >= 11 is 0. The van der Waals surface area contributed by atoms with Gasteiger partial charge in [-0.15, -0.1) is 0 Å². The van der Waals surface area contributed by atoms with Crippen molar-refractivity contribution in [2.24, 2.45) is 7.05 Å². The Labute approximate surface area is 211 Å². The molecule has 37 heavy (non-hydrogen) atoms. The third-order valence-corrected chi connectivity index (χ3v) is 6.76. The van der Waals surface area contributed by atoms with Crippen molar-refractivity contribution in [1.29, 1.82) is 0 Å². The lowest BCUT2D eigenvalue weighted by atomic mass is 9.97. The van der Waals surface area contributed by atoms with Crippen LogP contribution in [-0.4, -0.2) is 50.2 Å². The lowest BCUT2D eigenvalue weighted by molar-refractivity contribution is 0.0695. The molecule has 1 aliphatic rings. The number of halogens is 2. The van der Waals surface area contributed by atoms with Crippen LogP contribution in [0.5, 0.6) is 0 Å². The van der Waals surface area contributed by atoms with Gasteiger partial charge in [-0.05, 0) is 42.3 Å². The van der Waals surface area contributed by atoms with E-state index in [1.807, 2.05) is 23.7 Å². The number of hydrogen-bond acceptors (Lipinski definition) is 5. The zero-order chi connectivity index (χ0) is 26.3. The summed E-state index contributed by atoms with van der Waals surface area (Å²) in [5.41, 5.74) is 2.97. The molecular weight excluding hydrogens is 480 g/mol. The van der Waals surface area contributed by atoms with E-state index in [1.165, 1.54) is 6.07 Å². The molecule has 0 atom stereocenters. The summed E-state index contributed by atoms with van der Waals surface area (Å²) in [6.45, 7) is 1.62. The summed E-state index contributed by atoms with van der Waals surface area (Å²) < 4.78 is 32.6. The molecule has 8 nitrogen and oxygen atoms in total. The van der Waals surface area contributed by atoms with Crippen molar-refractivity contribution in [3.63, 3.8) is 0 Å². The molecule has 10 heteroatoms. The Morgan fingerprint density at radius 1 is 1.16 bits per heavy atom. The molecule has 4 aromatic rings. The van der Waals surface area contributed by atoms with Gasteiger partial charge in [-0.25, -0.2) is 18.6 Å². The quantitative estimate of drug-likeness (QED) is 0.411. The molecule has 0 spiro atoms. The topological polar surface area (TPSA) is 92.4 Å². The summed E-state index contributed by atoms with van der Waals surface area (Å²) in [6, 6.07) is 8.89. The van der Waals surface area contributed by atoms with E-state index in [9.17, 15) is 18.4 Å². The van der Waals surface area contributed by atoms with Gasteiger partial charge in [-0.1, -0.05) is 6.08 Å². The minimum absolute atomic E-state index is 0.158. The number of aryl methyl sites for hydroxylation is 1. The average Bonchev–Trinajstić information content (AvgIpc) is 3.19. The Morgan fingerprint density at radius 3 is 2.54 bits per heavy atom. The van der Waals surface area contributed by atoms with Crippen LogP contribution in [0, 0.1) is 11.6 Å². The first-order valence-electron chi connectivity index (χ1n) is 11.7. The van der Waals surface area contributed by atoms with E-state index in [1.54, 1.807) is 36.2 Å². The van der Waals surface area contributed by atoms with Crippen LogP contribution in [0.25, 0.3) is 22.3 Å². The summed E-state index contributed by atoms with van der Waals surface area (Å²) in [4.78, 5) is 30.4. The van der Waals surface area contributed by atoms with Gasteiger partial charge < -0.3 is 15.0 Å². The first-order chi connectivity index (χ1) is 17.8. The second-order valence-corrected chi connectivity index (χ2v) is 8.97. The fraction of sp³-hybridized carbons (Fsp3) is 0.222. The Bertz CT molecular complexity index is 1600. The van der Waals surface area contributed by atoms with Crippen LogP contribution in [0.15, 0.2) is 59.7 Å². The van der Waals surface area contributed by atoms with Gasteiger partial charge in [0.15, 0.2) is 0 Å². The number of carboxylic acids is 1. The minimum Gasteiger partial charge on any atom is -0.478 e. The highest BCUT2D eigenvalue weighted by atomic mass is 19.1. The summed E-state index contributed by atoms with van der Waals surface area (Å²) in [5, 5.41) is 12.8. The highest BCUT2D eigenvalue weighted by Gasteiger charge is 2.22. The number of carbonyl (C=O) groups is 1. The predicted octanol–water partition coefficient (Wildman–Crippen LogP) is 4.03. The Morgan fingerprint density at radius 2 is 1.92 bits per heavy atom. The normalized spacial score (nSPS) is 14.1. The van der Waals surface area contributed by atoms with Gasteiger partial charge in [0.2, 0.25) is 0 Å². The Hall–Kier alpha value is -4.31. The third kappa shape index (κ3) is 4.51. The molecule has 0 bridgehead atoms. The molecule has 4 heterocycles. The number of fused-ring (bicyclic) bond motifs is 1. The van der Waals surface area contributed by atoms with Gasteiger partial charge in [0, 0.05) is 74.5 Å². The van der Waals surface area contributed by atoms with E-state index in [0.29, 0.717) is 31.6 Å².